The minimum absolute atomic E-state index is 0.164. The van der Waals surface area contributed by atoms with E-state index in [0.717, 1.165) is 0 Å². The van der Waals surface area contributed by atoms with Crippen LogP contribution in [0.4, 0.5) is 22.0 Å². The zero-order chi connectivity index (χ0) is 21.5. The maximum Gasteiger partial charge on any atom is 0.434 e. The van der Waals surface area contributed by atoms with E-state index in [4.69, 9.17) is 16.3 Å². The van der Waals surface area contributed by atoms with Crippen molar-refractivity contribution >= 4 is 17.6 Å². The van der Waals surface area contributed by atoms with Gasteiger partial charge in [-0.3, -0.25) is 9.36 Å². The average Bonchev–Trinajstić information content (AvgIpc) is 2.53. The lowest BCUT2D eigenvalue weighted by Crippen LogP contribution is -2.43. The molecule has 0 unspecified atom stereocenters. The Hall–Kier alpha value is -2.69. The number of carbonyl (C=O) groups is 1. The summed E-state index contributed by atoms with van der Waals surface area (Å²) in [6.45, 7) is 3.00. The number of alkyl halides is 3. The van der Waals surface area contributed by atoms with Crippen LogP contribution in [-0.2, 0) is 18.0 Å². The first-order valence-electron chi connectivity index (χ1n) is 7.56. The van der Waals surface area contributed by atoms with Gasteiger partial charge in [0.2, 0.25) is 5.82 Å². The van der Waals surface area contributed by atoms with Gasteiger partial charge in [0.25, 0.3) is 5.56 Å². The third kappa shape index (κ3) is 3.79. The summed E-state index contributed by atoms with van der Waals surface area (Å²) in [6.07, 6.45) is -5.95. The number of halogens is 6. The summed E-state index contributed by atoms with van der Waals surface area (Å²) in [5.74, 6) is -4.70. The van der Waals surface area contributed by atoms with E-state index in [0.29, 0.717) is 19.2 Å². The number of rotatable bonds is 3. The Kier molecular flexibility index (Phi) is 5.69. The molecular weight excluding hydrogens is 415 g/mol. The molecule has 0 aliphatic rings. The minimum atomic E-state index is -5.35. The lowest BCUT2D eigenvalue weighted by Gasteiger charge is -2.16. The van der Waals surface area contributed by atoms with E-state index < -0.39 is 63.1 Å². The molecule has 0 spiro atoms. The van der Waals surface area contributed by atoms with Crippen molar-refractivity contribution in [2.24, 2.45) is 7.05 Å². The SMILES string of the molecule is CC(C)OC(=O)c1cc(-n2c(=O)c(F)c(C(F)(F)F)n(C)c2=O)c(F)cc1Cl. The van der Waals surface area contributed by atoms with Gasteiger partial charge in [0, 0.05) is 7.05 Å². The Labute approximate surface area is 158 Å². The quantitative estimate of drug-likeness (QED) is 0.559. The fraction of sp³-hybridized carbons (Fsp3) is 0.312. The highest BCUT2D eigenvalue weighted by atomic mass is 35.5. The molecule has 12 heteroatoms. The van der Waals surface area contributed by atoms with Gasteiger partial charge >= 0.3 is 17.8 Å². The van der Waals surface area contributed by atoms with Crippen molar-refractivity contribution in [3.63, 3.8) is 0 Å². The zero-order valence-corrected chi connectivity index (χ0v) is 15.3. The van der Waals surface area contributed by atoms with E-state index in [-0.39, 0.29) is 9.13 Å². The van der Waals surface area contributed by atoms with Crippen LogP contribution in [0, 0.1) is 11.6 Å². The minimum Gasteiger partial charge on any atom is -0.459 e. The summed E-state index contributed by atoms with van der Waals surface area (Å²) in [6, 6.07) is 1.17. The monoisotopic (exact) mass is 426 g/mol. The van der Waals surface area contributed by atoms with Gasteiger partial charge in [0.05, 0.1) is 22.4 Å². The summed E-state index contributed by atoms with van der Waals surface area (Å²) in [5, 5.41) is -0.441. The van der Waals surface area contributed by atoms with Crippen molar-refractivity contribution in [2.45, 2.75) is 26.1 Å². The van der Waals surface area contributed by atoms with E-state index >= 15 is 0 Å². The van der Waals surface area contributed by atoms with Gasteiger partial charge < -0.3 is 4.74 Å². The number of esters is 1. The van der Waals surface area contributed by atoms with Gasteiger partial charge in [-0.1, -0.05) is 11.6 Å². The predicted octanol–water partition coefficient (Wildman–Crippen LogP) is 3.05. The maximum atomic E-state index is 14.3. The number of hydrogen-bond acceptors (Lipinski definition) is 4. The Bertz CT molecular complexity index is 1040. The van der Waals surface area contributed by atoms with Crippen LogP contribution in [0.2, 0.25) is 5.02 Å². The van der Waals surface area contributed by atoms with Crippen LogP contribution in [0.1, 0.15) is 29.9 Å². The smallest absolute Gasteiger partial charge is 0.434 e. The molecule has 0 N–H and O–H groups in total. The Morgan fingerprint density at radius 2 is 1.75 bits per heavy atom. The molecule has 152 valence electrons. The highest BCUT2D eigenvalue weighted by molar-refractivity contribution is 6.33. The summed E-state index contributed by atoms with van der Waals surface area (Å²) >= 11 is 5.76. The van der Waals surface area contributed by atoms with Crippen molar-refractivity contribution in [3.8, 4) is 5.69 Å². The second-order valence-corrected chi connectivity index (χ2v) is 6.29. The van der Waals surface area contributed by atoms with Crippen LogP contribution in [-0.4, -0.2) is 21.2 Å². The molecule has 1 aromatic heterocycles. The molecule has 0 fully saturated rings. The summed E-state index contributed by atoms with van der Waals surface area (Å²) in [5.41, 5.74) is -7.27. The van der Waals surface area contributed by atoms with Crippen LogP contribution in [0.15, 0.2) is 21.7 Å². The maximum absolute atomic E-state index is 14.3. The van der Waals surface area contributed by atoms with E-state index in [9.17, 15) is 36.3 Å². The molecule has 0 aliphatic heterocycles. The molecule has 0 saturated heterocycles. The molecule has 0 saturated carbocycles. The first-order valence-corrected chi connectivity index (χ1v) is 7.94. The molecule has 0 amide bonds. The standard InChI is InChI=1S/C16H12ClF5N2O4/c1-6(2)28-14(26)7-4-10(9(18)5-8(7)17)24-13(25)11(19)12(16(20,21)22)23(3)15(24)27/h4-6H,1-3H3. The van der Waals surface area contributed by atoms with Gasteiger partial charge in [-0.05, 0) is 26.0 Å². The summed E-state index contributed by atoms with van der Waals surface area (Å²) in [4.78, 5) is 36.4. The molecule has 2 aromatic rings. The van der Waals surface area contributed by atoms with Crippen molar-refractivity contribution < 1.29 is 31.5 Å². The fourth-order valence-corrected chi connectivity index (χ4v) is 2.58. The molecule has 28 heavy (non-hydrogen) atoms. The topological polar surface area (TPSA) is 70.3 Å². The lowest BCUT2D eigenvalue weighted by atomic mass is 10.2. The normalized spacial score (nSPS) is 11.8. The predicted molar refractivity (Wildman–Crippen MR) is 87.8 cm³/mol. The Morgan fingerprint density at radius 3 is 2.25 bits per heavy atom. The second kappa shape index (κ2) is 7.38. The molecule has 0 radical (unpaired) electrons. The van der Waals surface area contributed by atoms with Gasteiger partial charge in [0.1, 0.15) is 5.82 Å². The molecular formula is C16H12ClF5N2O4. The van der Waals surface area contributed by atoms with Gasteiger partial charge in [-0.25, -0.2) is 18.5 Å². The van der Waals surface area contributed by atoms with Crippen molar-refractivity contribution in [2.75, 3.05) is 0 Å². The third-order valence-corrected chi connectivity index (χ3v) is 3.83. The fourth-order valence-electron chi connectivity index (χ4n) is 2.35. The molecule has 0 atom stereocenters. The Morgan fingerprint density at radius 1 is 1.18 bits per heavy atom. The lowest BCUT2D eigenvalue weighted by molar-refractivity contribution is -0.146. The number of nitrogens with zero attached hydrogens (tertiary/aromatic N) is 2. The second-order valence-electron chi connectivity index (χ2n) is 5.88. The van der Waals surface area contributed by atoms with Crippen LogP contribution in [0.3, 0.4) is 0 Å². The largest absolute Gasteiger partial charge is 0.459 e. The first kappa shape index (κ1) is 21.6. The van der Waals surface area contributed by atoms with Gasteiger partial charge in [0.15, 0.2) is 5.69 Å². The van der Waals surface area contributed by atoms with Crippen molar-refractivity contribution in [1.29, 1.82) is 0 Å². The summed E-state index contributed by atoms with van der Waals surface area (Å²) < 4.78 is 71.7. The number of carbonyl (C=O) groups excluding carboxylic acids is 1. The van der Waals surface area contributed by atoms with Crippen molar-refractivity contribution in [1.82, 2.24) is 9.13 Å². The molecule has 6 nitrogen and oxygen atoms in total. The van der Waals surface area contributed by atoms with Crippen molar-refractivity contribution in [3.05, 3.63) is 60.9 Å². The van der Waals surface area contributed by atoms with Crippen LogP contribution < -0.4 is 11.2 Å². The molecule has 0 aliphatic carbocycles. The number of hydrogen-bond donors (Lipinski definition) is 0. The van der Waals surface area contributed by atoms with E-state index in [1.807, 2.05) is 0 Å². The average molecular weight is 427 g/mol. The highest BCUT2D eigenvalue weighted by Gasteiger charge is 2.40. The molecule has 0 bridgehead atoms. The third-order valence-electron chi connectivity index (χ3n) is 3.52. The first-order chi connectivity index (χ1) is 12.8. The van der Waals surface area contributed by atoms with Gasteiger partial charge in [-0.15, -0.1) is 0 Å². The highest BCUT2D eigenvalue weighted by Crippen LogP contribution is 2.29. The molecule has 1 aromatic carbocycles. The van der Waals surface area contributed by atoms with Gasteiger partial charge in [-0.2, -0.15) is 17.6 Å². The van der Waals surface area contributed by atoms with Crippen LogP contribution in [0.5, 0.6) is 0 Å². The zero-order valence-electron chi connectivity index (χ0n) is 14.5. The van der Waals surface area contributed by atoms with Crippen LogP contribution >= 0.6 is 11.6 Å². The van der Waals surface area contributed by atoms with E-state index in [1.165, 1.54) is 13.8 Å². The van der Waals surface area contributed by atoms with Crippen LogP contribution in [0.25, 0.3) is 5.69 Å². The van der Waals surface area contributed by atoms with E-state index in [2.05, 4.69) is 0 Å². The summed E-state index contributed by atoms with van der Waals surface area (Å²) in [7, 11) is 0.561. The number of ether oxygens (including phenoxy) is 1. The Balaban J connectivity index is 2.85. The number of benzene rings is 1. The molecule has 2 rings (SSSR count). The number of aromatic nitrogens is 2. The van der Waals surface area contributed by atoms with E-state index in [1.54, 1.807) is 0 Å². The molecule has 1 heterocycles.